The molecule has 1 aromatic carbocycles. The van der Waals surface area contributed by atoms with E-state index in [1.807, 2.05) is 35.2 Å². The van der Waals surface area contributed by atoms with Gasteiger partial charge in [0, 0.05) is 19.1 Å². The molecule has 0 aliphatic carbocycles. The molecule has 0 bridgehead atoms. The minimum atomic E-state index is -0.289. The van der Waals surface area contributed by atoms with Gasteiger partial charge in [-0.05, 0) is 30.5 Å². The van der Waals surface area contributed by atoms with E-state index in [0.29, 0.717) is 13.0 Å². The van der Waals surface area contributed by atoms with Crippen molar-refractivity contribution in [2.45, 2.75) is 25.3 Å². The van der Waals surface area contributed by atoms with Crippen molar-refractivity contribution in [3.8, 4) is 5.75 Å². The fraction of sp³-hybridized carbons (Fsp3) is 0.316. The van der Waals surface area contributed by atoms with Crippen LogP contribution in [-0.4, -0.2) is 45.9 Å². The average molecular weight is 339 g/mol. The molecule has 1 aliphatic rings. The number of benzene rings is 1. The van der Waals surface area contributed by atoms with Gasteiger partial charge in [0.1, 0.15) is 11.4 Å². The third-order valence-corrected chi connectivity index (χ3v) is 4.29. The maximum Gasteiger partial charge on any atom is 0.270 e. The Kier molecular flexibility index (Phi) is 5.28. The molecule has 130 valence electrons. The molecule has 6 nitrogen and oxygen atoms in total. The monoisotopic (exact) mass is 339 g/mol. The Hall–Kier alpha value is -2.89. The second-order valence-corrected chi connectivity index (χ2v) is 6.22. The highest BCUT2D eigenvalue weighted by Gasteiger charge is 2.25. The van der Waals surface area contributed by atoms with Crippen molar-refractivity contribution in [3.63, 3.8) is 0 Å². The Balaban J connectivity index is 1.56. The third-order valence-electron chi connectivity index (χ3n) is 4.29. The Morgan fingerprint density at radius 2 is 2.00 bits per heavy atom. The number of hydrogen-bond acceptors (Lipinski definition) is 4. The van der Waals surface area contributed by atoms with Crippen molar-refractivity contribution in [3.05, 3.63) is 59.9 Å². The van der Waals surface area contributed by atoms with Gasteiger partial charge >= 0.3 is 0 Å². The Morgan fingerprint density at radius 1 is 1.20 bits per heavy atom. The Bertz CT molecular complexity index is 731. The van der Waals surface area contributed by atoms with Crippen molar-refractivity contribution in [1.82, 2.24) is 15.2 Å². The average Bonchev–Trinajstić information content (AvgIpc) is 2.63. The van der Waals surface area contributed by atoms with Crippen LogP contribution in [0.25, 0.3) is 0 Å². The predicted octanol–water partition coefficient (Wildman–Crippen LogP) is 1.75. The maximum atomic E-state index is 12.5. The zero-order valence-electron chi connectivity index (χ0n) is 13.9. The van der Waals surface area contributed by atoms with Crippen LogP contribution in [0.3, 0.4) is 0 Å². The van der Waals surface area contributed by atoms with Crippen molar-refractivity contribution in [1.29, 1.82) is 0 Å². The van der Waals surface area contributed by atoms with Gasteiger partial charge in [-0.1, -0.05) is 30.3 Å². The smallest absolute Gasteiger partial charge is 0.270 e. The topological polar surface area (TPSA) is 82.5 Å². The van der Waals surface area contributed by atoms with Gasteiger partial charge in [0.25, 0.3) is 5.91 Å². The summed E-state index contributed by atoms with van der Waals surface area (Å²) >= 11 is 0. The normalized spacial score (nSPS) is 17.1. The summed E-state index contributed by atoms with van der Waals surface area (Å²) in [5.41, 5.74) is 1.25. The van der Waals surface area contributed by atoms with Gasteiger partial charge in [0.05, 0.1) is 12.6 Å². The molecule has 2 aromatic rings. The largest absolute Gasteiger partial charge is 0.506 e. The van der Waals surface area contributed by atoms with Gasteiger partial charge < -0.3 is 15.3 Å². The third kappa shape index (κ3) is 4.56. The first-order valence-electron chi connectivity index (χ1n) is 8.39. The lowest BCUT2D eigenvalue weighted by Gasteiger charge is -2.33. The minimum Gasteiger partial charge on any atom is -0.506 e. The highest BCUT2D eigenvalue weighted by Crippen LogP contribution is 2.13. The molecule has 6 heteroatoms. The van der Waals surface area contributed by atoms with Gasteiger partial charge in [-0.15, -0.1) is 0 Å². The van der Waals surface area contributed by atoms with Gasteiger partial charge in [0.2, 0.25) is 5.91 Å². The van der Waals surface area contributed by atoms with Crippen molar-refractivity contribution >= 4 is 11.8 Å². The summed E-state index contributed by atoms with van der Waals surface area (Å²) in [5, 5.41) is 12.2. The summed E-state index contributed by atoms with van der Waals surface area (Å²) in [6.07, 6.45) is 3.31. The van der Waals surface area contributed by atoms with Crippen molar-refractivity contribution in [2.75, 3.05) is 13.1 Å². The van der Waals surface area contributed by atoms with E-state index in [-0.39, 0.29) is 29.3 Å². The van der Waals surface area contributed by atoms with E-state index in [9.17, 15) is 14.7 Å². The summed E-state index contributed by atoms with van der Waals surface area (Å²) in [4.78, 5) is 30.4. The first-order valence-corrected chi connectivity index (χ1v) is 8.39. The van der Waals surface area contributed by atoms with E-state index in [1.165, 1.54) is 18.3 Å². The van der Waals surface area contributed by atoms with Crippen molar-refractivity contribution in [2.24, 2.45) is 0 Å². The molecule has 1 atom stereocenters. The number of nitrogens with zero attached hydrogens (tertiary/aromatic N) is 2. The lowest BCUT2D eigenvalue weighted by atomic mass is 10.0. The predicted molar refractivity (Wildman–Crippen MR) is 93.1 cm³/mol. The molecule has 1 aliphatic heterocycles. The van der Waals surface area contributed by atoms with Crippen molar-refractivity contribution < 1.29 is 14.7 Å². The van der Waals surface area contributed by atoms with E-state index >= 15 is 0 Å². The molecule has 0 spiro atoms. The molecule has 1 aromatic heterocycles. The molecule has 1 unspecified atom stereocenters. The van der Waals surface area contributed by atoms with E-state index < -0.39 is 0 Å². The van der Waals surface area contributed by atoms with Crippen LogP contribution >= 0.6 is 0 Å². The summed E-state index contributed by atoms with van der Waals surface area (Å²) in [5.74, 6) is -0.192. The minimum absolute atomic E-state index is 0.0203. The number of rotatable bonds is 4. The molecule has 2 N–H and O–H groups in total. The summed E-state index contributed by atoms with van der Waals surface area (Å²) in [7, 11) is 0. The van der Waals surface area contributed by atoms with Crippen LogP contribution in [0.2, 0.25) is 0 Å². The molecule has 0 saturated carbocycles. The quantitative estimate of drug-likeness (QED) is 0.889. The molecular weight excluding hydrogens is 318 g/mol. The highest BCUT2D eigenvalue weighted by atomic mass is 16.3. The SMILES string of the molecule is O=C(NC1CCCN(C(=O)Cc2ccccc2)C1)c1ccc(O)cn1. The fourth-order valence-corrected chi connectivity index (χ4v) is 2.98. The Morgan fingerprint density at radius 3 is 2.72 bits per heavy atom. The number of pyridine rings is 1. The maximum absolute atomic E-state index is 12.5. The second kappa shape index (κ2) is 7.79. The molecule has 2 heterocycles. The number of amides is 2. The van der Waals surface area contributed by atoms with Crippen LogP contribution in [0.1, 0.15) is 28.9 Å². The van der Waals surface area contributed by atoms with Crippen LogP contribution in [0.15, 0.2) is 48.7 Å². The summed E-state index contributed by atoms with van der Waals surface area (Å²) in [6.45, 7) is 1.23. The second-order valence-electron chi connectivity index (χ2n) is 6.22. The van der Waals surface area contributed by atoms with Crippen LogP contribution in [0.4, 0.5) is 0 Å². The summed E-state index contributed by atoms with van der Waals surface area (Å²) < 4.78 is 0. The zero-order valence-corrected chi connectivity index (χ0v) is 13.9. The molecule has 1 saturated heterocycles. The van der Waals surface area contributed by atoms with Crippen LogP contribution in [-0.2, 0) is 11.2 Å². The number of aromatic hydroxyl groups is 1. The van der Waals surface area contributed by atoms with E-state index in [2.05, 4.69) is 10.3 Å². The van der Waals surface area contributed by atoms with Crippen LogP contribution in [0.5, 0.6) is 5.75 Å². The molecular formula is C19H21N3O3. The number of hydrogen-bond donors (Lipinski definition) is 2. The number of aromatic nitrogens is 1. The first-order chi connectivity index (χ1) is 12.1. The van der Waals surface area contributed by atoms with E-state index in [0.717, 1.165) is 24.9 Å². The number of nitrogens with one attached hydrogen (secondary N) is 1. The van der Waals surface area contributed by atoms with Gasteiger partial charge in [-0.3, -0.25) is 9.59 Å². The number of piperidine rings is 1. The Labute approximate surface area is 146 Å². The standard InChI is InChI=1S/C19H21N3O3/c23-16-8-9-17(20-12-16)19(25)21-15-7-4-10-22(13-15)18(24)11-14-5-2-1-3-6-14/h1-3,5-6,8-9,12,15,23H,4,7,10-11,13H2,(H,21,25). The molecule has 1 fully saturated rings. The van der Waals surface area contributed by atoms with E-state index in [4.69, 9.17) is 0 Å². The lowest BCUT2D eigenvalue weighted by Crippen LogP contribution is -2.50. The first kappa shape index (κ1) is 17.0. The molecule has 0 radical (unpaired) electrons. The highest BCUT2D eigenvalue weighted by molar-refractivity contribution is 5.92. The molecule has 2 amide bonds. The molecule has 25 heavy (non-hydrogen) atoms. The molecule has 3 rings (SSSR count). The van der Waals surface area contributed by atoms with Crippen LogP contribution in [0, 0.1) is 0 Å². The van der Waals surface area contributed by atoms with Gasteiger partial charge in [0.15, 0.2) is 0 Å². The van der Waals surface area contributed by atoms with Gasteiger partial charge in [-0.2, -0.15) is 0 Å². The number of likely N-dealkylation sites (tertiary alicyclic amines) is 1. The number of carbonyl (C=O) groups excluding carboxylic acids is 2. The lowest BCUT2D eigenvalue weighted by molar-refractivity contribution is -0.131. The van der Waals surface area contributed by atoms with Gasteiger partial charge in [-0.25, -0.2) is 4.98 Å². The van der Waals surface area contributed by atoms with Crippen LogP contribution < -0.4 is 5.32 Å². The zero-order chi connectivity index (χ0) is 17.6. The van der Waals surface area contributed by atoms with E-state index in [1.54, 1.807) is 0 Å². The fourth-order valence-electron chi connectivity index (χ4n) is 2.98. The number of carbonyl (C=O) groups is 2. The summed E-state index contributed by atoms with van der Waals surface area (Å²) in [6, 6.07) is 12.5.